The van der Waals surface area contributed by atoms with E-state index in [1.807, 2.05) is 6.92 Å². The van der Waals surface area contributed by atoms with Crippen LogP contribution in [0.3, 0.4) is 0 Å². The van der Waals surface area contributed by atoms with Crippen molar-refractivity contribution in [3.05, 3.63) is 54.1 Å². The highest BCUT2D eigenvalue weighted by Gasteiger charge is 2.39. The molecule has 3 rings (SSSR count). The van der Waals surface area contributed by atoms with Gasteiger partial charge in [-0.15, -0.1) is 0 Å². The highest BCUT2D eigenvalue weighted by atomic mass is 32.2. The molecular weight excluding hydrogens is 366 g/mol. The van der Waals surface area contributed by atoms with Gasteiger partial charge in [0, 0.05) is 22.9 Å². The molecule has 2 aromatic carbocycles. The Bertz CT molecular complexity index is 971. The molecule has 7 nitrogen and oxygen atoms in total. The fraction of sp³-hybridized carbons (Fsp3) is 0.263. The minimum atomic E-state index is -3.39. The number of anilines is 3. The molecular formula is C19H21N3O4S. The Morgan fingerprint density at radius 3 is 2.19 bits per heavy atom. The minimum Gasteiger partial charge on any atom is -0.326 e. The lowest BCUT2D eigenvalue weighted by atomic mass is 10.1. The second-order valence-corrected chi connectivity index (χ2v) is 8.54. The van der Waals surface area contributed by atoms with Gasteiger partial charge in [-0.2, -0.15) is 0 Å². The third-order valence-electron chi connectivity index (χ3n) is 4.28. The number of carbonyl (C=O) groups is 2. The molecule has 2 amide bonds. The van der Waals surface area contributed by atoms with Crippen LogP contribution < -0.4 is 15.4 Å². The van der Waals surface area contributed by atoms with E-state index in [1.54, 1.807) is 42.5 Å². The Hall–Kier alpha value is -2.87. The molecule has 2 aromatic rings. The summed E-state index contributed by atoms with van der Waals surface area (Å²) in [5.74, 6) is 0.193. The summed E-state index contributed by atoms with van der Waals surface area (Å²) in [7, 11) is -3.39. The van der Waals surface area contributed by atoms with E-state index in [-0.39, 0.29) is 17.7 Å². The third-order valence-corrected chi connectivity index (χ3v) is 4.89. The van der Waals surface area contributed by atoms with Crippen molar-refractivity contribution in [1.82, 2.24) is 0 Å². The quantitative estimate of drug-likeness (QED) is 0.709. The zero-order valence-corrected chi connectivity index (χ0v) is 15.8. The summed E-state index contributed by atoms with van der Waals surface area (Å²) in [6.45, 7) is 2.04. The largest absolute Gasteiger partial charge is 0.326 e. The molecule has 0 radical (unpaired) electrons. The van der Waals surface area contributed by atoms with E-state index in [1.165, 1.54) is 6.07 Å². The van der Waals surface area contributed by atoms with Gasteiger partial charge >= 0.3 is 0 Å². The zero-order valence-electron chi connectivity index (χ0n) is 15.0. The number of nitrogens with one attached hydrogen (secondary N) is 3. The number of hydrogen-bond acceptors (Lipinski definition) is 4. The Balaban J connectivity index is 1.62. The molecule has 0 aromatic heterocycles. The van der Waals surface area contributed by atoms with Crippen molar-refractivity contribution in [3.63, 3.8) is 0 Å². The topological polar surface area (TPSA) is 104 Å². The normalized spacial score (nSPS) is 18.4. The second kappa shape index (κ2) is 7.40. The minimum absolute atomic E-state index is 0.00916. The van der Waals surface area contributed by atoms with Crippen LogP contribution in [0.1, 0.15) is 23.7 Å². The highest BCUT2D eigenvalue weighted by Crippen LogP contribution is 2.38. The van der Waals surface area contributed by atoms with Gasteiger partial charge in [-0.1, -0.05) is 13.0 Å². The Kier molecular flexibility index (Phi) is 5.18. The second-order valence-electron chi connectivity index (χ2n) is 6.80. The van der Waals surface area contributed by atoms with E-state index < -0.39 is 10.0 Å². The molecule has 0 saturated heterocycles. The van der Waals surface area contributed by atoms with E-state index in [2.05, 4.69) is 15.4 Å². The number of hydrogen-bond donors (Lipinski definition) is 3. The Morgan fingerprint density at radius 1 is 0.963 bits per heavy atom. The molecule has 8 heteroatoms. The summed E-state index contributed by atoms with van der Waals surface area (Å²) in [4.78, 5) is 24.3. The summed E-state index contributed by atoms with van der Waals surface area (Å²) >= 11 is 0. The first-order chi connectivity index (χ1) is 12.7. The number of carbonyl (C=O) groups excluding carboxylic acids is 2. The Morgan fingerprint density at radius 2 is 1.59 bits per heavy atom. The highest BCUT2D eigenvalue weighted by molar-refractivity contribution is 7.92. The smallest absolute Gasteiger partial charge is 0.255 e. The van der Waals surface area contributed by atoms with Crippen LogP contribution in [0.5, 0.6) is 0 Å². The summed E-state index contributed by atoms with van der Waals surface area (Å²) in [5.41, 5.74) is 1.90. The van der Waals surface area contributed by atoms with E-state index >= 15 is 0 Å². The monoisotopic (exact) mass is 387 g/mol. The van der Waals surface area contributed by atoms with Gasteiger partial charge in [0.1, 0.15) is 0 Å². The van der Waals surface area contributed by atoms with Crippen molar-refractivity contribution < 1.29 is 18.0 Å². The summed E-state index contributed by atoms with van der Waals surface area (Å²) < 4.78 is 25.0. The number of rotatable bonds is 6. The summed E-state index contributed by atoms with van der Waals surface area (Å²) in [6, 6.07) is 13.0. The number of benzene rings is 2. The van der Waals surface area contributed by atoms with Gasteiger partial charge in [0.2, 0.25) is 15.9 Å². The van der Waals surface area contributed by atoms with Gasteiger partial charge in [0.25, 0.3) is 5.91 Å². The maximum Gasteiger partial charge on any atom is 0.255 e. The van der Waals surface area contributed by atoms with Gasteiger partial charge in [0.05, 0.1) is 11.9 Å². The van der Waals surface area contributed by atoms with Crippen molar-refractivity contribution in [2.45, 2.75) is 13.3 Å². The summed E-state index contributed by atoms with van der Waals surface area (Å²) in [6.07, 6.45) is 1.97. The van der Waals surface area contributed by atoms with Crippen LogP contribution in [-0.2, 0) is 14.8 Å². The van der Waals surface area contributed by atoms with Gasteiger partial charge in [-0.25, -0.2) is 8.42 Å². The molecule has 27 heavy (non-hydrogen) atoms. The van der Waals surface area contributed by atoms with Crippen LogP contribution >= 0.6 is 0 Å². The van der Waals surface area contributed by atoms with E-state index in [9.17, 15) is 18.0 Å². The maximum atomic E-state index is 12.4. The molecule has 0 spiro atoms. The lowest BCUT2D eigenvalue weighted by molar-refractivity contribution is -0.117. The predicted molar refractivity (Wildman–Crippen MR) is 105 cm³/mol. The SMILES string of the molecule is CC1CC1C(=O)Nc1ccc(C(=O)Nc2cccc(NS(C)(=O)=O)c2)cc1. The van der Waals surface area contributed by atoms with Crippen molar-refractivity contribution in [2.24, 2.45) is 11.8 Å². The molecule has 0 bridgehead atoms. The van der Waals surface area contributed by atoms with Crippen molar-refractivity contribution >= 4 is 38.9 Å². The lowest BCUT2D eigenvalue weighted by Gasteiger charge is -2.09. The average Bonchev–Trinajstić information content (AvgIpc) is 3.31. The molecule has 3 N–H and O–H groups in total. The number of sulfonamides is 1. The van der Waals surface area contributed by atoms with Gasteiger partial charge in [-0.05, 0) is 54.8 Å². The molecule has 1 saturated carbocycles. The van der Waals surface area contributed by atoms with Crippen LogP contribution in [-0.4, -0.2) is 26.5 Å². The Labute approximate surface area is 158 Å². The summed E-state index contributed by atoms with van der Waals surface area (Å²) in [5, 5.41) is 5.56. The fourth-order valence-corrected chi connectivity index (χ4v) is 3.26. The predicted octanol–water partition coefficient (Wildman–Crippen LogP) is 2.90. The molecule has 1 aliphatic carbocycles. The van der Waals surface area contributed by atoms with Gasteiger partial charge < -0.3 is 10.6 Å². The average molecular weight is 387 g/mol. The molecule has 1 aliphatic rings. The lowest BCUT2D eigenvalue weighted by Crippen LogP contribution is -2.15. The standard InChI is InChI=1S/C19H21N3O4S/c1-12-10-17(12)19(24)20-14-8-6-13(7-9-14)18(23)21-15-4-3-5-16(11-15)22-27(2,25)26/h3-9,11-12,17,22H,10H2,1-2H3,(H,20,24)(H,21,23). The third kappa shape index (κ3) is 5.30. The van der Waals surface area contributed by atoms with Crippen LogP contribution in [0.15, 0.2) is 48.5 Å². The first-order valence-corrected chi connectivity index (χ1v) is 10.4. The van der Waals surface area contributed by atoms with Crippen LogP contribution in [0.4, 0.5) is 17.1 Å². The maximum absolute atomic E-state index is 12.4. The van der Waals surface area contributed by atoms with Gasteiger partial charge in [0.15, 0.2) is 0 Å². The molecule has 2 atom stereocenters. The van der Waals surface area contributed by atoms with Crippen molar-refractivity contribution in [2.75, 3.05) is 21.6 Å². The van der Waals surface area contributed by atoms with E-state index in [0.717, 1.165) is 12.7 Å². The van der Waals surface area contributed by atoms with Crippen LogP contribution in [0.2, 0.25) is 0 Å². The van der Waals surface area contributed by atoms with Crippen LogP contribution in [0, 0.1) is 11.8 Å². The molecule has 2 unspecified atom stereocenters. The molecule has 142 valence electrons. The number of amides is 2. The van der Waals surface area contributed by atoms with Crippen molar-refractivity contribution in [1.29, 1.82) is 0 Å². The van der Waals surface area contributed by atoms with Gasteiger partial charge in [-0.3, -0.25) is 14.3 Å². The first-order valence-electron chi connectivity index (χ1n) is 8.51. The first kappa shape index (κ1) is 18.9. The van der Waals surface area contributed by atoms with Crippen molar-refractivity contribution in [3.8, 4) is 0 Å². The molecule has 1 fully saturated rings. The van der Waals surface area contributed by atoms with E-state index in [4.69, 9.17) is 0 Å². The fourth-order valence-electron chi connectivity index (χ4n) is 2.71. The molecule has 0 aliphatic heterocycles. The van der Waals surface area contributed by atoms with Crippen LogP contribution in [0.25, 0.3) is 0 Å². The van der Waals surface area contributed by atoms with E-state index in [0.29, 0.717) is 28.5 Å². The molecule has 0 heterocycles. The zero-order chi connectivity index (χ0) is 19.6.